The van der Waals surface area contributed by atoms with Gasteiger partial charge in [0.1, 0.15) is 5.75 Å². The maximum Gasteiger partial charge on any atom is 0.273 e. The van der Waals surface area contributed by atoms with Gasteiger partial charge in [-0.2, -0.15) is 5.10 Å². The van der Waals surface area contributed by atoms with E-state index in [2.05, 4.69) is 10.5 Å². The summed E-state index contributed by atoms with van der Waals surface area (Å²) in [6.45, 7) is 2.54. The molecular formula is C29H27N3O4S. The molecule has 0 aliphatic rings. The minimum Gasteiger partial charge on any atom is -0.494 e. The molecule has 0 atom stereocenters. The van der Waals surface area contributed by atoms with Crippen LogP contribution in [0.4, 0.5) is 5.69 Å². The predicted octanol–water partition coefficient (Wildman–Crippen LogP) is 5.24. The lowest BCUT2D eigenvalue weighted by atomic mass is 10.1. The molecule has 0 saturated heterocycles. The number of amides is 1. The first-order chi connectivity index (χ1) is 18.0. The number of sulfonamides is 1. The van der Waals surface area contributed by atoms with Gasteiger partial charge in [-0.05, 0) is 66.6 Å². The van der Waals surface area contributed by atoms with Crippen LogP contribution in [-0.4, -0.2) is 27.1 Å². The molecule has 0 aliphatic heterocycles. The molecule has 0 radical (unpaired) electrons. The number of nitrogens with zero attached hydrogens (tertiary/aromatic N) is 2. The predicted molar refractivity (Wildman–Crippen MR) is 145 cm³/mol. The number of nitrogens with one attached hydrogen (secondary N) is 1. The molecule has 0 fully saturated rings. The second kappa shape index (κ2) is 12.0. The van der Waals surface area contributed by atoms with Crippen LogP contribution in [0, 0.1) is 0 Å². The van der Waals surface area contributed by atoms with Gasteiger partial charge in [0.25, 0.3) is 15.9 Å². The van der Waals surface area contributed by atoms with Gasteiger partial charge in [-0.25, -0.2) is 13.8 Å². The van der Waals surface area contributed by atoms with E-state index in [4.69, 9.17) is 4.74 Å². The molecule has 1 N–H and O–H groups in total. The fourth-order valence-corrected chi connectivity index (χ4v) is 5.19. The van der Waals surface area contributed by atoms with E-state index < -0.39 is 15.9 Å². The molecule has 1 amide bonds. The molecule has 4 aromatic carbocycles. The number of hydrogen-bond donors (Lipinski definition) is 1. The third-order valence-electron chi connectivity index (χ3n) is 5.49. The van der Waals surface area contributed by atoms with Crippen molar-refractivity contribution in [3.63, 3.8) is 0 Å². The van der Waals surface area contributed by atoms with Crippen molar-refractivity contribution in [2.45, 2.75) is 18.4 Å². The minimum atomic E-state index is -3.98. The van der Waals surface area contributed by atoms with Gasteiger partial charge >= 0.3 is 0 Å². The Kier molecular flexibility index (Phi) is 8.33. The molecule has 0 spiro atoms. The van der Waals surface area contributed by atoms with Gasteiger partial charge in [-0.15, -0.1) is 0 Å². The Hall–Kier alpha value is -4.43. The number of anilines is 1. The van der Waals surface area contributed by atoms with Gasteiger partial charge in [0, 0.05) is 0 Å². The Morgan fingerprint density at radius 2 is 1.49 bits per heavy atom. The zero-order valence-corrected chi connectivity index (χ0v) is 21.1. The molecule has 0 aliphatic carbocycles. The monoisotopic (exact) mass is 513 g/mol. The molecular weight excluding hydrogens is 486 g/mol. The quantitative estimate of drug-likeness (QED) is 0.232. The number of para-hydroxylation sites is 1. The van der Waals surface area contributed by atoms with Crippen LogP contribution >= 0.6 is 0 Å². The zero-order valence-electron chi connectivity index (χ0n) is 20.3. The van der Waals surface area contributed by atoms with Crippen LogP contribution in [0.5, 0.6) is 5.75 Å². The second-order valence-electron chi connectivity index (χ2n) is 8.03. The highest BCUT2D eigenvalue weighted by molar-refractivity contribution is 7.92. The van der Waals surface area contributed by atoms with Crippen molar-refractivity contribution in [2.24, 2.45) is 5.10 Å². The number of benzene rings is 4. The standard InChI is InChI=1S/C29H27N3O4S/c1-2-36-25-19-17-23(18-20-25)21-30-31-29(33)27-15-9-10-16-28(27)32(22-24-11-5-3-6-12-24)37(34,35)26-13-7-4-8-14-26/h3-21H,2,22H2,1H3,(H,31,33)/b30-21-. The van der Waals surface area contributed by atoms with E-state index in [1.165, 1.54) is 22.7 Å². The average molecular weight is 514 g/mol. The van der Waals surface area contributed by atoms with Crippen LogP contribution in [0.15, 0.2) is 119 Å². The molecule has 4 aromatic rings. The Morgan fingerprint density at radius 1 is 0.865 bits per heavy atom. The van der Waals surface area contributed by atoms with E-state index in [9.17, 15) is 13.2 Å². The smallest absolute Gasteiger partial charge is 0.273 e. The van der Waals surface area contributed by atoms with Gasteiger partial charge in [-0.3, -0.25) is 9.10 Å². The van der Waals surface area contributed by atoms with Gasteiger partial charge in [-0.1, -0.05) is 60.7 Å². The van der Waals surface area contributed by atoms with Gasteiger partial charge in [0.15, 0.2) is 0 Å². The molecule has 0 unspecified atom stereocenters. The summed E-state index contributed by atoms with van der Waals surface area (Å²) < 4.78 is 34.2. The summed E-state index contributed by atoms with van der Waals surface area (Å²) in [7, 11) is -3.98. The van der Waals surface area contributed by atoms with Crippen LogP contribution in [-0.2, 0) is 16.6 Å². The lowest BCUT2D eigenvalue weighted by Crippen LogP contribution is -2.33. The third-order valence-corrected chi connectivity index (χ3v) is 7.26. The van der Waals surface area contributed by atoms with Crippen molar-refractivity contribution in [1.29, 1.82) is 0 Å². The van der Waals surface area contributed by atoms with E-state index in [0.717, 1.165) is 16.9 Å². The van der Waals surface area contributed by atoms with Crippen LogP contribution < -0.4 is 14.5 Å². The number of hydrogen-bond acceptors (Lipinski definition) is 5. The normalized spacial score (nSPS) is 11.3. The van der Waals surface area contributed by atoms with Gasteiger partial charge in [0.05, 0.1) is 35.5 Å². The highest BCUT2D eigenvalue weighted by Gasteiger charge is 2.28. The molecule has 0 heterocycles. The Balaban J connectivity index is 1.63. The highest BCUT2D eigenvalue weighted by atomic mass is 32.2. The molecule has 0 bridgehead atoms. The first kappa shape index (κ1) is 25.7. The molecule has 0 aromatic heterocycles. The van der Waals surface area contributed by atoms with Gasteiger partial charge < -0.3 is 4.74 Å². The van der Waals surface area contributed by atoms with Crippen molar-refractivity contribution >= 4 is 27.8 Å². The summed E-state index contributed by atoms with van der Waals surface area (Å²) in [6.07, 6.45) is 1.51. The van der Waals surface area contributed by atoms with Crippen molar-refractivity contribution in [1.82, 2.24) is 5.43 Å². The Labute approximate surface area is 217 Å². The van der Waals surface area contributed by atoms with Crippen molar-refractivity contribution in [3.8, 4) is 5.75 Å². The average Bonchev–Trinajstić information content (AvgIpc) is 2.94. The molecule has 7 nitrogen and oxygen atoms in total. The van der Waals surface area contributed by atoms with Crippen LogP contribution in [0.25, 0.3) is 0 Å². The number of rotatable bonds is 10. The van der Waals surface area contributed by atoms with Crippen molar-refractivity contribution < 1.29 is 17.9 Å². The zero-order chi connectivity index (χ0) is 26.1. The van der Waals surface area contributed by atoms with Crippen LogP contribution in [0.2, 0.25) is 0 Å². The van der Waals surface area contributed by atoms with Gasteiger partial charge in [0.2, 0.25) is 0 Å². The third kappa shape index (κ3) is 6.42. The summed E-state index contributed by atoms with van der Waals surface area (Å²) in [5, 5.41) is 4.07. The number of hydrazone groups is 1. The molecule has 8 heteroatoms. The summed E-state index contributed by atoms with van der Waals surface area (Å²) in [4.78, 5) is 13.3. The van der Waals surface area contributed by atoms with Crippen LogP contribution in [0.3, 0.4) is 0 Å². The minimum absolute atomic E-state index is 0.0534. The summed E-state index contributed by atoms with van der Waals surface area (Å²) in [6, 6.07) is 31.3. The first-order valence-corrected chi connectivity index (χ1v) is 13.2. The fraction of sp³-hybridized carbons (Fsp3) is 0.103. The van der Waals surface area contributed by atoms with E-state index in [-0.39, 0.29) is 22.7 Å². The second-order valence-corrected chi connectivity index (χ2v) is 9.89. The van der Waals surface area contributed by atoms with Crippen molar-refractivity contribution in [2.75, 3.05) is 10.9 Å². The number of carbonyl (C=O) groups excluding carboxylic acids is 1. The fourth-order valence-electron chi connectivity index (χ4n) is 3.69. The maximum absolute atomic E-state index is 13.7. The summed E-state index contributed by atoms with van der Waals surface area (Å²) in [5.41, 5.74) is 4.51. The molecule has 4 rings (SSSR count). The molecule has 188 valence electrons. The summed E-state index contributed by atoms with van der Waals surface area (Å²) >= 11 is 0. The lowest BCUT2D eigenvalue weighted by molar-refractivity contribution is 0.0955. The SMILES string of the molecule is CCOc1ccc(/C=N\NC(=O)c2ccccc2N(Cc2ccccc2)S(=O)(=O)c2ccccc2)cc1. The summed E-state index contributed by atoms with van der Waals surface area (Å²) in [5.74, 6) is 0.217. The number of carbonyl (C=O) groups is 1. The van der Waals surface area contributed by atoms with Crippen LogP contribution in [0.1, 0.15) is 28.4 Å². The Morgan fingerprint density at radius 3 is 2.16 bits per heavy atom. The van der Waals surface area contributed by atoms with E-state index >= 15 is 0 Å². The lowest BCUT2D eigenvalue weighted by Gasteiger charge is -2.26. The number of ether oxygens (including phenoxy) is 1. The molecule has 37 heavy (non-hydrogen) atoms. The first-order valence-electron chi connectivity index (χ1n) is 11.8. The van der Waals surface area contributed by atoms with E-state index in [1.54, 1.807) is 42.5 Å². The van der Waals surface area contributed by atoms with Crippen molar-refractivity contribution in [3.05, 3.63) is 126 Å². The largest absolute Gasteiger partial charge is 0.494 e. The molecule has 0 saturated carbocycles. The topological polar surface area (TPSA) is 88.1 Å². The highest BCUT2D eigenvalue weighted by Crippen LogP contribution is 2.29. The van der Waals surface area contributed by atoms with E-state index in [1.807, 2.05) is 61.5 Å². The Bertz CT molecular complexity index is 1460. The maximum atomic E-state index is 13.7. The van der Waals surface area contributed by atoms with E-state index in [0.29, 0.717) is 6.61 Å².